The number of allylic oxidation sites excluding steroid dienone is 2. The van der Waals surface area contributed by atoms with Crippen LogP contribution in [0.5, 0.6) is 0 Å². The molecule has 1 fully saturated rings. The standard InChI is InChI=1S/C37H48O8S3/c1-27-8-13-32-33(25-29-9-11-31(12-10-29)48(3)40)28(2)34(35(32)24-27)26-37(39)45-22-20-43-18-16-41-15-17-42-19-21-44-36(38)7-5-4-6-30-14-23-46-47-30/h8-13,24-25,30H,4-7,14-23,26H2,1-3H3/b33-25-. The highest BCUT2D eigenvalue weighted by atomic mass is 33.1. The number of aryl methyl sites for hydroxylation is 1. The SMILES string of the molecule is CC1=C(CC(=O)OCCOCCOCCOCCOC(=O)CCCCC2CCSS2)c2cc(C)ccc2/C1=C\c1ccc(S(C)=O)cc1. The van der Waals surface area contributed by atoms with Crippen molar-refractivity contribution in [1.82, 2.24) is 0 Å². The highest BCUT2D eigenvalue weighted by molar-refractivity contribution is 8.77. The minimum Gasteiger partial charge on any atom is -0.463 e. The molecule has 48 heavy (non-hydrogen) atoms. The van der Waals surface area contributed by atoms with Gasteiger partial charge in [-0.05, 0) is 84.7 Å². The lowest BCUT2D eigenvalue weighted by atomic mass is 9.99. The van der Waals surface area contributed by atoms with E-state index < -0.39 is 10.8 Å². The maximum Gasteiger partial charge on any atom is 0.310 e. The van der Waals surface area contributed by atoms with Crippen molar-refractivity contribution in [2.24, 2.45) is 0 Å². The first-order chi connectivity index (χ1) is 23.3. The van der Waals surface area contributed by atoms with Crippen molar-refractivity contribution in [1.29, 1.82) is 0 Å². The number of benzene rings is 2. The number of carbonyl (C=O) groups excluding carboxylic acids is 2. The predicted molar refractivity (Wildman–Crippen MR) is 196 cm³/mol. The summed E-state index contributed by atoms with van der Waals surface area (Å²) in [5.74, 6) is 0.790. The zero-order chi connectivity index (χ0) is 34.1. The molecule has 0 saturated carbocycles. The molecule has 2 aromatic rings. The number of esters is 2. The van der Waals surface area contributed by atoms with E-state index in [4.69, 9.17) is 23.7 Å². The average molecular weight is 717 g/mol. The summed E-state index contributed by atoms with van der Waals surface area (Å²) in [6.45, 7) is 6.76. The van der Waals surface area contributed by atoms with Crippen LogP contribution in [0.25, 0.3) is 17.2 Å². The molecule has 1 aliphatic carbocycles. The fourth-order valence-corrected chi connectivity index (χ4v) is 9.04. The molecular formula is C37H48O8S3. The van der Waals surface area contributed by atoms with Crippen LogP contribution in [-0.2, 0) is 44.1 Å². The van der Waals surface area contributed by atoms with Gasteiger partial charge in [-0.1, -0.05) is 63.9 Å². The fourth-order valence-electron chi connectivity index (χ4n) is 5.49. The first kappa shape index (κ1) is 38.4. The van der Waals surface area contributed by atoms with Gasteiger partial charge in [-0.15, -0.1) is 0 Å². The second kappa shape index (κ2) is 21.0. The highest BCUT2D eigenvalue weighted by Crippen LogP contribution is 2.44. The third kappa shape index (κ3) is 12.8. The molecule has 2 aromatic carbocycles. The molecule has 0 spiro atoms. The summed E-state index contributed by atoms with van der Waals surface area (Å²) >= 11 is 0. The Hall–Kier alpha value is -2.41. The van der Waals surface area contributed by atoms with Gasteiger partial charge in [-0.2, -0.15) is 0 Å². The van der Waals surface area contributed by atoms with Crippen molar-refractivity contribution >= 4 is 61.5 Å². The predicted octanol–water partition coefficient (Wildman–Crippen LogP) is 7.30. The molecule has 1 saturated heterocycles. The second-order valence-electron chi connectivity index (χ2n) is 11.8. The lowest BCUT2D eigenvalue weighted by Gasteiger charge is -2.09. The summed E-state index contributed by atoms with van der Waals surface area (Å²) in [7, 11) is 2.91. The van der Waals surface area contributed by atoms with Gasteiger partial charge in [0.25, 0.3) is 0 Å². The summed E-state index contributed by atoms with van der Waals surface area (Å²) in [6.07, 6.45) is 8.85. The van der Waals surface area contributed by atoms with Gasteiger partial charge in [0.15, 0.2) is 0 Å². The zero-order valence-corrected chi connectivity index (χ0v) is 30.7. The van der Waals surface area contributed by atoms with Gasteiger partial charge in [0, 0.05) is 39.4 Å². The van der Waals surface area contributed by atoms with Crippen LogP contribution in [0.4, 0.5) is 0 Å². The Balaban J connectivity index is 1.05. The molecule has 2 aliphatic rings. The van der Waals surface area contributed by atoms with E-state index in [1.165, 1.54) is 18.6 Å². The lowest BCUT2D eigenvalue weighted by molar-refractivity contribution is -0.145. The van der Waals surface area contributed by atoms with E-state index in [1.54, 1.807) is 6.26 Å². The number of carbonyl (C=O) groups is 2. The van der Waals surface area contributed by atoms with Crippen molar-refractivity contribution in [3.63, 3.8) is 0 Å². The van der Waals surface area contributed by atoms with Crippen LogP contribution in [0.3, 0.4) is 0 Å². The van der Waals surface area contributed by atoms with Crippen molar-refractivity contribution in [2.75, 3.05) is 64.9 Å². The second-order valence-corrected chi connectivity index (χ2v) is 15.9. The van der Waals surface area contributed by atoms with Crippen LogP contribution in [-0.4, -0.2) is 86.3 Å². The maximum atomic E-state index is 12.8. The van der Waals surface area contributed by atoms with E-state index in [1.807, 2.05) is 59.7 Å². The molecule has 1 heterocycles. The molecule has 8 nitrogen and oxygen atoms in total. The van der Waals surface area contributed by atoms with Crippen LogP contribution in [0.2, 0.25) is 0 Å². The Bertz CT molecular complexity index is 1430. The van der Waals surface area contributed by atoms with Crippen LogP contribution >= 0.6 is 21.6 Å². The summed E-state index contributed by atoms with van der Waals surface area (Å²) in [4.78, 5) is 25.4. The van der Waals surface area contributed by atoms with E-state index in [0.29, 0.717) is 39.5 Å². The first-order valence-electron chi connectivity index (χ1n) is 16.6. The topological polar surface area (TPSA) is 97.4 Å². The quantitative estimate of drug-likeness (QED) is 0.0744. The molecule has 11 heteroatoms. The minimum atomic E-state index is -1.02. The number of rotatable bonds is 21. The normalized spacial score (nSPS) is 17.1. The summed E-state index contributed by atoms with van der Waals surface area (Å²) in [5.41, 5.74) is 7.37. The molecule has 0 aromatic heterocycles. The number of hydrogen-bond acceptors (Lipinski definition) is 10. The Morgan fingerprint density at radius 2 is 1.48 bits per heavy atom. The molecule has 2 atom stereocenters. The number of ether oxygens (including phenoxy) is 5. The van der Waals surface area contributed by atoms with Gasteiger partial charge in [0.05, 0.1) is 46.1 Å². The van der Waals surface area contributed by atoms with Crippen LogP contribution in [0.15, 0.2) is 52.9 Å². The number of unbranched alkanes of at least 4 members (excludes halogenated alkanes) is 1. The van der Waals surface area contributed by atoms with Gasteiger partial charge in [-0.25, -0.2) is 0 Å². The zero-order valence-electron chi connectivity index (χ0n) is 28.3. The molecule has 0 bridgehead atoms. The minimum absolute atomic E-state index is 0.158. The summed E-state index contributed by atoms with van der Waals surface area (Å²) in [5, 5.41) is 0.752. The molecular weight excluding hydrogens is 669 g/mol. The molecule has 0 amide bonds. The average Bonchev–Trinajstić information content (AvgIpc) is 3.68. The molecule has 4 rings (SSSR count). The van der Waals surface area contributed by atoms with E-state index >= 15 is 0 Å². The molecule has 2 unspecified atom stereocenters. The molecule has 1 aliphatic heterocycles. The van der Waals surface area contributed by atoms with Crippen molar-refractivity contribution < 1.29 is 37.5 Å². The van der Waals surface area contributed by atoms with E-state index in [0.717, 1.165) is 62.0 Å². The molecule has 262 valence electrons. The Morgan fingerprint density at radius 1 is 0.833 bits per heavy atom. The van der Waals surface area contributed by atoms with E-state index in [-0.39, 0.29) is 38.2 Å². The van der Waals surface area contributed by atoms with Crippen molar-refractivity contribution in [2.45, 2.75) is 62.5 Å². The lowest BCUT2D eigenvalue weighted by Crippen LogP contribution is -2.15. The van der Waals surface area contributed by atoms with Crippen LogP contribution < -0.4 is 0 Å². The Labute approximate surface area is 295 Å². The molecule has 0 N–H and O–H groups in total. The fraction of sp³-hybridized carbons (Fsp3) is 0.514. The van der Waals surface area contributed by atoms with Gasteiger partial charge >= 0.3 is 11.9 Å². The van der Waals surface area contributed by atoms with Crippen LogP contribution in [0.1, 0.15) is 67.7 Å². The first-order valence-corrected chi connectivity index (χ1v) is 20.6. The highest BCUT2D eigenvalue weighted by Gasteiger charge is 2.26. The van der Waals surface area contributed by atoms with Gasteiger partial charge in [0.2, 0.25) is 0 Å². The Kier molecular flexibility index (Phi) is 16.8. The number of fused-ring (bicyclic) bond motifs is 1. The van der Waals surface area contributed by atoms with Crippen LogP contribution in [0, 0.1) is 6.92 Å². The third-order valence-corrected chi connectivity index (χ3v) is 12.0. The van der Waals surface area contributed by atoms with Gasteiger partial charge in [-0.3, -0.25) is 13.8 Å². The van der Waals surface area contributed by atoms with E-state index in [9.17, 15) is 13.8 Å². The monoisotopic (exact) mass is 716 g/mol. The summed E-state index contributed by atoms with van der Waals surface area (Å²) in [6, 6.07) is 14.0. The third-order valence-electron chi connectivity index (χ3n) is 8.10. The maximum absolute atomic E-state index is 12.8. The number of hydrogen-bond donors (Lipinski definition) is 0. The largest absolute Gasteiger partial charge is 0.463 e. The molecule has 0 radical (unpaired) electrons. The van der Waals surface area contributed by atoms with E-state index in [2.05, 4.69) is 24.3 Å². The Morgan fingerprint density at radius 3 is 2.10 bits per heavy atom. The summed E-state index contributed by atoms with van der Waals surface area (Å²) < 4.78 is 39.0. The van der Waals surface area contributed by atoms with Gasteiger partial charge in [0.1, 0.15) is 13.2 Å². The van der Waals surface area contributed by atoms with Crippen molar-refractivity contribution in [3.05, 3.63) is 70.3 Å². The smallest absolute Gasteiger partial charge is 0.310 e. The van der Waals surface area contributed by atoms with Crippen molar-refractivity contribution in [3.8, 4) is 0 Å². The van der Waals surface area contributed by atoms with Gasteiger partial charge < -0.3 is 23.7 Å².